The van der Waals surface area contributed by atoms with Crippen molar-refractivity contribution in [3.63, 3.8) is 0 Å². The summed E-state index contributed by atoms with van der Waals surface area (Å²) in [6.45, 7) is 4.34. The van der Waals surface area contributed by atoms with E-state index in [0.717, 1.165) is 57.1 Å². The smallest absolute Gasteiger partial charge is 0.131 e. The van der Waals surface area contributed by atoms with Gasteiger partial charge >= 0.3 is 0 Å². The second-order valence-corrected chi connectivity index (χ2v) is 12.8. The Hall–Kier alpha value is -7.06. The summed E-state index contributed by atoms with van der Waals surface area (Å²) in [7, 11) is 0. The Bertz CT molecular complexity index is 2060. The van der Waals surface area contributed by atoms with E-state index in [9.17, 15) is 0 Å². The Morgan fingerprint density at radius 2 is 0.528 bits per heavy atom. The van der Waals surface area contributed by atoms with E-state index in [1.807, 2.05) is 133 Å². The van der Waals surface area contributed by atoms with Gasteiger partial charge in [0.2, 0.25) is 0 Å². The Morgan fingerprint density at radius 1 is 0.302 bits per heavy atom. The second-order valence-electron chi connectivity index (χ2n) is 12.8. The van der Waals surface area contributed by atoms with Gasteiger partial charge in [0, 0.05) is 39.3 Å². The van der Waals surface area contributed by atoms with E-state index in [1.165, 1.54) is 0 Å². The van der Waals surface area contributed by atoms with Crippen molar-refractivity contribution in [1.82, 2.24) is 0 Å². The van der Waals surface area contributed by atoms with Gasteiger partial charge in [0.25, 0.3) is 0 Å². The maximum absolute atomic E-state index is 6.23. The maximum Gasteiger partial charge on any atom is 0.131 e. The maximum atomic E-state index is 6.23. The van der Waals surface area contributed by atoms with Crippen LogP contribution in [0.3, 0.4) is 0 Å². The van der Waals surface area contributed by atoms with Crippen molar-refractivity contribution in [1.29, 1.82) is 0 Å². The topological polar surface area (TPSA) is 141 Å². The molecule has 0 spiro atoms. The number of benzene rings is 7. The molecule has 53 heavy (non-hydrogen) atoms. The van der Waals surface area contributed by atoms with Crippen LogP contribution in [0.25, 0.3) is 0 Å². The molecule has 8 heteroatoms. The van der Waals surface area contributed by atoms with E-state index in [-0.39, 0.29) is 5.41 Å². The van der Waals surface area contributed by atoms with Gasteiger partial charge in [-0.2, -0.15) is 0 Å². The Morgan fingerprint density at radius 3 is 0.811 bits per heavy atom. The zero-order valence-electron chi connectivity index (χ0n) is 29.6. The molecule has 7 aromatic rings. The molecular weight excluding hydrogens is 661 g/mol. The van der Waals surface area contributed by atoms with Crippen LogP contribution < -0.4 is 41.9 Å². The molecule has 7 aromatic carbocycles. The average Bonchev–Trinajstić information content (AvgIpc) is 3.17. The molecule has 0 aromatic heterocycles. The minimum Gasteiger partial charge on any atom is -0.457 e. The van der Waals surface area contributed by atoms with E-state index < -0.39 is 0 Å². The molecule has 0 saturated heterocycles. The van der Waals surface area contributed by atoms with Crippen LogP contribution in [0.4, 0.5) is 22.7 Å². The molecule has 0 aliphatic carbocycles. The fourth-order valence-corrected chi connectivity index (χ4v) is 5.53. The highest BCUT2D eigenvalue weighted by Crippen LogP contribution is 2.43. The Kier molecular flexibility index (Phi) is 11.0. The molecule has 0 saturated carbocycles. The first-order chi connectivity index (χ1) is 25.6. The number of hydrogen-bond acceptors (Lipinski definition) is 8. The van der Waals surface area contributed by atoms with Crippen molar-refractivity contribution >= 4 is 22.7 Å². The molecule has 0 heterocycles. The normalized spacial score (nSPS) is 10.8. The van der Waals surface area contributed by atoms with Crippen molar-refractivity contribution in [3.8, 4) is 46.0 Å². The summed E-state index contributed by atoms with van der Waals surface area (Å²) >= 11 is 0. The minimum atomic E-state index is -0.380. The molecule has 0 aliphatic rings. The summed E-state index contributed by atoms with van der Waals surface area (Å²) in [6, 6.07) is 52.9. The molecule has 0 amide bonds. The number of para-hydroxylation sites is 2. The van der Waals surface area contributed by atoms with Crippen LogP contribution in [0.2, 0.25) is 0 Å². The summed E-state index contributed by atoms with van der Waals surface area (Å²) in [5.41, 5.74) is 27.5. The third-order valence-corrected chi connectivity index (χ3v) is 8.39. The number of anilines is 4. The largest absolute Gasteiger partial charge is 0.457 e. The first-order valence-corrected chi connectivity index (χ1v) is 17.0. The highest BCUT2D eigenvalue weighted by atomic mass is 16.5. The predicted octanol–water partition coefficient (Wildman–Crippen LogP) is 11.2. The molecule has 0 atom stereocenters. The molecule has 8 nitrogen and oxygen atoms in total. The Labute approximate surface area is 310 Å². The van der Waals surface area contributed by atoms with Gasteiger partial charge in [-0.3, -0.25) is 0 Å². The van der Waals surface area contributed by atoms with E-state index >= 15 is 0 Å². The number of nitrogens with two attached hydrogens (primary N) is 4. The van der Waals surface area contributed by atoms with E-state index in [0.29, 0.717) is 22.7 Å². The SMILES string of the molecule is CC(C)(c1ccccc1Oc1ccc(N)cc1)c1ccccc1Oc1ccc(N)cc1.Nc1ccc(Oc2ccc(Oc3ccc(N)cc3)cc2)cc1. The predicted molar refractivity (Wildman–Crippen MR) is 215 cm³/mol. The lowest BCUT2D eigenvalue weighted by molar-refractivity contribution is 0.445. The van der Waals surface area contributed by atoms with E-state index in [2.05, 4.69) is 26.0 Å². The van der Waals surface area contributed by atoms with Gasteiger partial charge in [-0.25, -0.2) is 0 Å². The van der Waals surface area contributed by atoms with Crippen LogP contribution in [0.5, 0.6) is 46.0 Å². The molecule has 0 fully saturated rings. The number of rotatable bonds is 10. The number of hydrogen-bond donors (Lipinski definition) is 4. The summed E-state index contributed by atoms with van der Waals surface area (Å²) in [4.78, 5) is 0. The zero-order valence-corrected chi connectivity index (χ0v) is 29.6. The van der Waals surface area contributed by atoms with E-state index in [4.69, 9.17) is 41.9 Å². The molecule has 8 N–H and O–H groups in total. The summed E-state index contributed by atoms with van der Waals surface area (Å²) in [5, 5.41) is 0. The van der Waals surface area contributed by atoms with Gasteiger partial charge in [0.05, 0.1) is 0 Å². The van der Waals surface area contributed by atoms with Crippen LogP contribution in [0.15, 0.2) is 170 Å². The summed E-state index contributed by atoms with van der Waals surface area (Å²) in [6.07, 6.45) is 0. The fraction of sp³-hybridized carbons (Fsp3) is 0.0667. The minimum absolute atomic E-state index is 0.380. The molecule has 0 radical (unpaired) electrons. The molecule has 0 aliphatic heterocycles. The van der Waals surface area contributed by atoms with Gasteiger partial charge in [-0.1, -0.05) is 50.2 Å². The van der Waals surface area contributed by atoms with Crippen LogP contribution in [-0.4, -0.2) is 0 Å². The Balaban J connectivity index is 0.000000192. The van der Waals surface area contributed by atoms with Crippen LogP contribution in [0, 0.1) is 0 Å². The highest BCUT2D eigenvalue weighted by Gasteiger charge is 2.30. The summed E-state index contributed by atoms with van der Waals surface area (Å²) < 4.78 is 23.9. The van der Waals surface area contributed by atoms with Gasteiger partial charge in [-0.15, -0.1) is 0 Å². The lowest BCUT2D eigenvalue weighted by atomic mass is 9.77. The van der Waals surface area contributed by atoms with Gasteiger partial charge in [-0.05, 0) is 133 Å². The molecular formula is C45H42N4O4. The van der Waals surface area contributed by atoms with Crippen molar-refractivity contribution in [2.75, 3.05) is 22.9 Å². The monoisotopic (exact) mass is 702 g/mol. The lowest BCUT2D eigenvalue weighted by Gasteiger charge is -2.30. The van der Waals surface area contributed by atoms with E-state index in [1.54, 1.807) is 24.3 Å². The van der Waals surface area contributed by atoms with Crippen molar-refractivity contribution in [2.24, 2.45) is 0 Å². The van der Waals surface area contributed by atoms with Crippen LogP contribution in [0.1, 0.15) is 25.0 Å². The number of nitrogen functional groups attached to an aromatic ring is 4. The third-order valence-electron chi connectivity index (χ3n) is 8.39. The molecule has 0 bridgehead atoms. The lowest BCUT2D eigenvalue weighted by Crippen LogP contribution is -2.20. The quantitative estimate of drug-likeness (QED) is 0.103. The highest BCUT2D eigenvalue weighted by molar-refractivity contribution is 5.54. The van der Waals surface area contributed by atoms with Gasteiger partial charge in [0.15, 0.2) is 0 Å². The zero-order chi connectivity index (χ0) is 37.2. The molecule has 266 valence electrons. The van der Waals surface area contributed by atoms with Crippen molar-refractivity contribution < 1.29 is 18.9 Å². The van der Waals surface area contributed by atoms with Crippen molar-refractivity contribution in [2.45, 2.75) is 19.3 Å². The first-order valence-electron chi connectivity index (χ1n) is 17.0. The third kappa shape index (κ3) is 9.59. The standard InChI is InChI=1S/C27H26N2O2.C18H16N2O2/c1-27(2,23-7-3-5-9-25(23)30-21-15-11-19(28)12-16-21)24-8-4-6-10-26(24)31-22-17-13-20(29)14-18-22;19-13-1-5-15(6-2-13)21-17-9-11-18(12-10-17)22-16-7-3-14(20)4-8-16/h3-18H,28-29H2,1-2H3;1-12H,19-20H2. The van der Waals surface area contributed by atoms with Gasteiger partial charge < -0.3 is 41.9 Å². The molecule has 0 unspecified atom stereocenters. The summed E-state index contributed by atoms with van der Waals surface area (Å²) in [5.74, 6) is 6.00. The average molecular weight is 703 g/mol. The first kappa shape index (κ1) is 35.8. The van der Waals surface area contributed by atoms with Crippen LogP contribution in [-0.2, 0) is 5.41 Å². The fourth-order valence-electron chi connectivity index (χ4n) is 5.53. The van der Waals surface area contributed by atoms with Crippen molar-refractivity contribution in [3.05, 3.63) is 181 Å². The van der Waals surface area contributed by atoms with Gasteiger partial charge in [0.1, 0.15) is 46.0 Å². The molecule has 7 rings (SSSR count). The second kappa shape index (κ2) is 16.3. The number of ether oxygens (including phenoxy) is 4. The van der Waals surface area contributed by atoms with Crippen LogP contribution >= 0.6 is 0 Å².